The third-order valence-electron chi connectivity index (χ3n) is 3.52. The van der Waals surface area contributed by atoms with E-state index in [-0.39, 0.29) is 12.5 Å². The molecule has 1 heterocycles. The monoisotopic (exact) mass is 286 g/mol. The minimum absolute atomic E-state index is 0.000671. The largest absolute Gasteiger partial charge is 0.484 e. The van der Waals surface area contributed by atoms with Crippen molar-refractivity contribution in [3.63, 3.8) is 0 Å². The van der Waals surface area contributed by atoms with Crippen LogP contribution >= 0.6 is 0 Å². The molecule has 4 nitrogen and oxygen atoms in total. The maximum Gasteiger partial charge on any atom is 0.260 e. The van der Waals surface area contributed by atoms with Crippen LogP contribution in [-0.4, -0.2) is 28.5 Å². The second-order valence-corrected chi connectivity index (χ2v) is 5.12. The third kappa shape index (κ3) is 4.12. The Balaban J connectivity index is 1.91. The van der Waals surface area contributed by atoms with E-state index in [9.17, 15) is 4.79 Å². The van der Waals surface area contributed by atoms with Crippen molar-refractivity contribution in [3.05, 3.63) is 53.9 Å². The lowest BCUT2D eigenvalue weighted by atomic mass is 10.2. The summed E-state index contributed by atoms with van der Waals surface area (Å²) in [5.41, 5.74) is 2.29. The van der Waals surface area contributed by atoms with Crippen molar-refractivity contribution in [1.29, 1.82) is 0 Å². The minimum atomic E-state index is -0.000671. The number of ether oxygens (including phenoxy) is 1. The molecule has 0 aliphatic carbocycles. The standard InChI is InChI=1S/C17H22N2O2/c1-4-19(12-15-6-5-11-18(15)3)17(20)13-21-16-9-7-14(2)8-10-16/h5-11H,4,12-13H2,1-3H3. The van der Waals surface area contributed by atoms with E-state index in [0.29, 0.717) is 13.1 Å². The minimum Gasteiger partial charge on any atom is -0.484 e. The van der Waals surface area contributed by atoms with Gasteiger partial charge in [-0.2, -0.15) is 0 Å². The van der Waals surface area contributed by atoms with Gasteiger partial charge in [0.2, 0.25) is 0 Å². The average molecular weight is 286 g/mol. The van der Waals surface area contributed by atoms with Gasteiger partial charge in [-0.25, -0.2) is 0 Å². The number of amides is 1. The molecule has 0 saturated carbocycles. The molecule has 0 N–H and O–H groups in total. The Labute approximate surface area is 125 Å². The number of hydrogen-bond acceptors (Lipinski definition) is 2. The molecule has 112 valence electrons. The summed E-state index contributed by atoms with van der Waals surface area (Å²) in [5.74, 6) is 0.725. The molecule has 0 aliphatic heterocycles. The molecule has 1 aromatic carbocycles. The average Bonchev–Trinajstić information content (AvgIpc) is 2.89. The van der Waals surface area contributed by atoms with Gasteiger partial charge in [0.05, 0.1) is 6.54 Å². The number of aromatic nitrogens is 1. The maximum atomic E-state index is 12.2. The highest BCUT2D eigenvalue weighted by Crippen LogP contribution is 2.12. The number of aryl methyl sites for hydroxylation is 2. The Kier molecular flexibility index (Phi) is 5.04. The van der Waals surface area contributed by atoms with Crippen molar-refractivity contribution in [2.75, 3.05) is 13.2 Å². The Morgan fingerprint density at radius 2 is 1.95 bits per heavy atom. The van der Waals surface area contributed by atoms with Crippen molar-refractivity contribution in [3.8, 4) is 5.75 Å². The van der Waals surface area contributed by atoms with Crippen molar-refractivity contribution in [2.45, 2.75) is 20.4 Å². The number of rotatable bonds is 6. The van der Waals surface area contributed by atoms with Crippen LogP contribution in [0.1, 0.15) is 18.2 Å². The lowest BCUT2D eigenvalue weighted by molar-refractivity contribution is -0.133. The SMILES string of the molecule is CCN(Cc1cccn1C)C(=O)COc1ccc(C)cc1. The number of nitrogens with zero attached hydrogens (tertiary/aromatic N) is 2. The van der Waals surface area contributed by atoms with Gasteiger partial charge < -0.3 is 14.2 Å². The van der Waals surface area contributed by atoms with Crippen LogP contribution in [0.3, 0.4) is 0 Å². The van der Waals surface area contributed by atoms with Crippen LogP contribution in [0.5, 0.6) is 5.75 Å². The molecule has 0 atom stereocenters. The lowest BCUT2D eigenvalue weighted by Gasteiger charge is -2.21. The second kappa shape index (κ2) is 6.97. The van der Waals surface area contributed by atoms with Gasteiger partial charge in [-0.1, -0.05) is 17.7 Å². The molecule has 21 heavy (non-hydrogen) atoms. The van der Waals surface area contributed by atoms with Crippen molar-refractivity contribution >= 4 is 5.91 Å². The number of carbonyl (C=O) groups excluding carboxylic acids is 1. The fourth-order valence-corrected chi connectivity index (χ4v) is 2.10. The summed E-state index contributed by atoms with van der Waals surface area (Å²) in [6, 6.07) is 11.7. The highest BCUT2D eigenvalue weighted by molar-refractivity contribution is 5.77. The van der Waals surface area contributed by atoms with E-state index in [2.05, 4.69) is 0 Å². The van der Waals surface area contributed by atoms with E-state index in [1.54, 1.807) is 4.90 Å². The van der Waals surface area contributed by atoms with Gasteiger partial charge in [-0.15, -0.1) is 0 Å². The first kappa shape index (κ1) is 15.2. The predicted octanol–water partition coefficient (Wildman–Crippen LogP) is 2.76. The van der Waals surface area contributed by atoms with Crippen LogP contribution < -0.4 is 4.74 Å². The summed E-state index contributed by atoms with van der Waals surface area (Å²) in [7, 11) is 1.98. The summed E-state index contributed by atoms with van der Waals surface area (Å²) < 4.78 is 7.58. The molecule has 2 rings (SSSR count). The molecule has 0 saturated heterocycles. The smallest absolute Gasteiger partial charge is 0.260 e. The van der Waals surface area contributed by atoms with Gasteiger partial charge >= 0.3 is 0 Å². The van der Waals surface area contributed by atoms with E-state index in [1.165, 1.54) is 5.56 Å². The molecule has 1 amide bonds. The molecular weight excluding hydrogens is 264 g/mol. The van der Waals surface area contributed by atoms with Crippen LogP contribution in [0.25, 0.3) is 0 Å². The van der Waals surface area contributed by atoms with E-state index in [0.717, 1.165) is 11.4 Å². The summed E-state index contributed by atoms with van der Waals surface area (Å²) in [6.45, 7) is 5.35. The van der Waals surface area contributed by atoms with Gasteiger partial charge in [0, 0.05) is 25.5 Å². The molecule has 0 aliphatic rings. The number of benzene rings is 1. The van der Waals surface area contributed by atoms with Gasteiger partial charge in [0.1, 0.15) is 5.75 Å². The summed E-state index contributed by atoms with van der Waals surface area (Å²) >= 11 is 0. The Hall–Kier alpha value is -2.23. The first-order valence-electron chi connectivity index (χ1n) is 7.17. The van der Waals surface area contributed by atoms with Gasteiger partial charge in [0.25, 0.3) is 5.91 Å². The molecule has 0 bridgehead atoms. The first-order valence-corrected chi connectivity index (χ1v) is 7.17. The first-order chi connectivity index (χ1) is 10.1. The number of hydrogen-bond donors (Lipinski definition) is 0. The number of likely N-dealkylation sites (N-methyl/N-ethyl adjacent to an activating group) is 1. The van der Waals surface area contributed by atoms with Crippen LogP contribution in [0.15, 0.2) is 42.6 Å². The van der Waals surface area contributed by atoms with Crippen molar-refractivity contribution < 1.29 is 9.53 Å². The molecule has 0 unspecified atom stereocenters. The summed E-state index contributed by atoms with van der Waals surface area (Å²) in [5, 5.41) is 0. The van der Waals surface area contributed by atoms with E-state index in [1.807, 2.05) is 68.1 Å². The molecule has 0 fully saturated rings. The quantitative estimate of drug-likeness (QED) is 0.818. The summed E-state index contributed by atoms with van der Waals surface area (Å²) in [6.07, 6.45) is 1.98. The molecule has 1 aromatic heterocycles. The van der Waals surface area contributed by atoms with E-state index in [4.69, 9.17) is 4.74 Å². The third-order valence-corrected chi connectivity index (χ3v) is 3.52. The van der Waals surface area contributed by atoms with Crippen molar-refractivity contribution in [1.82, 2.24) is 9.47 Å². The van der Waals surface area contributed by atoms with Crippen LogP contribution in [0, 0.1) is 6.92 Å². The maximum absolute atomic E-state index is 12.2. The van der Waals surface area contributed by atoms with Crippen LogP contribution in [0.4, 0.5) is 0 Å². The Morgan fingerprint density at radius 1 is 1.24 bits per heavy atom. The fraction of sp³-hybridized carbons (Fsp3) is 0.353. The van der Waals surface area contributed by atoms with E-state index < -0.39 is 0 Å². The Bertz CT molecular complexity index is 587. The zero-order valence-electron chi connectivity index (χ0n) is 12.9. The topological polar surface area (TPSA) is 34.5 Å². The normalized spacial score (nSPS) is 10.4. The molecule has 0 spiro atoms. The summed E-state index contributed by atoms with van der Waals surface area (Å²) in [4.78, 5) is 14.0. The van der Waals surface area contributed by atoms with Gasteiger partial charge in [-0.3, -0.25) is 4.79 Å². The van der Waals surface area contributed by atoms with E-state index >= 15 is 0 Å². The zero-order chi connectivity index (χ0) is 15.2. The van der Waals surface area contributed by atoms with Gasteiger partial charge in [0.15, 0.2) is 6.61 Å². The number of carbonyl (C=O) groups is 1. The van der Waals surface area contributed by atoms with Crippen LogP contribution in [-0.2, 0) is 18.4 Å². The highest BCUT2D eigenvalue weighted by atomic mass is 16.5. The predicted molar refractivity (Wildman–Crippen MR) is 83.2 cm³/mol. The highest BCUT2D eigenvalue weighted by Gasteiger charge is 2.14. The van der Waals surface area contributed by atoms with Crippen molar-refractivity contribution in [2.24, 2.45) is 7.05 Å². The lowest BCUT2D eigenvalue weighted by Crippen LogP contribution is -2.34. The molecule has 4 heteroatoms. The molecule has 2 aromatic rings. The molecular formula is C17H22N2O2. The van der Waals surface area contributed by atoms with Crippen LogP contribution in [0.2, 0.25) is 0 Å². The second-order valence-electron chi connectivity index (χ2n) is 5.12. The molecule has 0 radical (unpaired) electrons. The fourth-order valence-electron chi connectivity index (χ4n) is 2.10. The Morgan fingerprint density at radius 3 is 2.52 bits per heavy atom. The van der Waals surface area contributed by atoms with Gasteiger partial charge in [-0.05, 0) is 38.1 Å². The zero-order valence-corrected chi connectivity index (χ0v) is 12.9.